The molecule has 0 radical (unpaired) electrons. The molecule has 1 saturated heterocycles. The first-order valence-corrected chi connectivity index (χ1v) is 9.24. The highest BCUT2D eigenvalue weighted by Gasteiger charge is 2.33. The predicted molar refractivity (Wildman–Crippen MR) is 108 cm³/mol. The predicted octanol–water partition coefficient (Wildman–Crippen LogP) is 4.16. The van der Waals surface area contributed by atoms with Crippen LogP contribution in [0.4, 0.5) is 5.69 Å². The van der Waals surface area contributed by atoms with E-state index in [1.165, 1.54) is 11.8 Å². The number of benzene rings is 1. The molecule has 2 heterocycles. The fourth-order valence-corrected chi connectivity index (χ4v) is 4.20. The summed E-state index contributed by atoms with van der Waals surface area (Å²) in [6.45, 7) is 5.58. The molecule has 1 aliphatic heterocycles. The molecule has 6 heteroatoms. The van der Waals surface area contributed by atoms with E-state index in [0.717, 1.165) is 29.2 Å². The molecule has 1 aliphatic rings. The zero-order chi connectivity index (χ0) is 18.0. The van der Waals surface area contributed by atoms with Crippen LogP contribution in [0.25, 0.3) is 6.08 Å². The molecule has 25 heavy (non-hydrogen) atoms. The van der Waals surface area contributed by atoms with Gasteiger partial charge in [0.15, 0.2) is 4.32 Å². The third kappa shape index (κ3) is 3.56. The van der Waals surface area contributed by atoms with Gasteiger partial charge in [-0.2, -0.15) is 0 Å². The van der Waals surface area contributed by atoms with E-state index in [9.17, 15) is 4.79 Å². The molecule has 1 amide bonds. The lowest BCUT2D eigenvalue weighted by molar-refractivity contribution is -0.113. The monoisotopic (exact) mass is 372 g/mol. The van der Waals surface area contributed by atoms with Crippen molar-refractivity contribution in [2.45, 2.75) is 20.4 Å². The number of amides is 1. The SMILES string of the molecule is COCCn1c(C)cc(/C=C2/SC(=S)N(c3ccccc3)C2=O)c1C. The Morgan fingerprint density at radius 1 is 1.24 bits per heavy atom. The van der Waals surface area contributed by atoms with Crippen LogP contribution in [-0.2, 0) is 16.1 Å². The number of hydrogen-bond acceptors (Lipinski definition) is 4. The summed E-state index contributed by atoms with van der Waals surface area (Å²) in [4.78, 5) is 15.1. The minimum absolute atomic E-state index is 0.0668. The standard InChI is InChI=1S/C19H20N2O2S2/c1-13-11-15(14(2)20(13)9-10-23-3)12-17-18(22)21(19(24)25-17)16-7-5-4-6-8-16/h4-8,11-12H,9-10H2,1-3H3/b17-12+. The van der Waals surface area contributed by atoms with E-state index in [4.69, 9.17) is 17.0 Å². The summed E-state index contributed by atoms with van der Waals surface area (Å²) in [5, 5.41) is 0. The van der Waals surface area contributed by atoms with Gasteiger partial charge in [0.1, 0.15) is 0 Å². The first-order chi connectivity index (χ1) is 12.0. The number of nitrogens with zero attached hydrogens (tertiary/aromatic N) is 2. The number of thiocarbonyl (C=S) groups is 1. The average Bonchev–Trinajstić information content (AvgIpc) is 3.03. The topological polar surface area (TPSA) is 34.5 Å². The van der Waals surface area contributed by atoms with Gasteiger partial charge in [-0.05, 0) is 43.7 Å². The van der Waals surface area contributed by atoms with Gasteiger partial charge in [-0.3, -0.25) is 9.69 Å². The molecule has 3 rings (SSSR count). The number of anilines is 1. The van der Waals surface area contributed by atoms with Gasteiger partial charge in [0.25, 0.3) is 5.91 Å². The Morgan fingerprint density at radius 2 is 1.96 bits per heavy atom. The molecule has 1 aromatic heterocycles. The number of carbonyl (C=O) groups excluding carboxylic acids is 1. The third-order valence-electron chi connectivity index (χ3n) is 4.23. The van der Waals surface area contributed by atoms with E-state index < -0.39 is 0 Å². The van der Waals surface area contributed by atoms with Crippen LogP contribution in [-0.4, -0.2) is 28.5 Å². The van der Waals surface area contributed by atoms with Gasteiger partial charge in [-0.15, -0.1) is 0 Å². The van der Waals surface area contributed by atoms with E-state index >= 15 is 0 Å². The normalized spacial score (nSPS) is 16.3. The minimum atomic E-state index is -0.0668. The number of para-hydroxylation sites is 1. The number of rotatable bonds is 5. The molecule has 0 bridgehead atoms. The van der Waals surface area contributed by atoms with Crippen LogP contribution >= 0.6 is 24.0 Å². The quantitative estimate of drug-likeness (QED) is 0.583. The Bertz CT molecular complexity index is 841. The lowest BCUT2D eigenvalue weighted by atomic mass is 10.2. The van der Waals surface area contributed by atoms with E-state index in [-0.39, 0.29) is 5.91 Å². The molecule has 0 N–H and O–H groups in total. The lowest BCUT2D eigenvalue weighted by Crippen LogP contribution is -2.27. The van der Waals surface area contributed by atoms with Crippen molar-refractivity contribution in [2.24, 2.45) is 0 Å². The van der Waals surface area contributed by atoms with Crippen molar-refractivity contribution in [3.63, 3.8) is 0 Å². The summed E-state index contributed by atoms with van der Waals surface area (Å²) in [5.41, 5.74) is 4.12. The molecule has 1 fully saturated rings. The summed E-state index contributed by atoms with van der Waals surface area (Å²) in [7, 11) is 1.70. The maximum absolute atomic E-state index is 12.8. The Morgan fingerprint density at radius 3 is 2.64 bits per heavy atom. The van der Waals surface area contributed by atoms with Crippen molar-refractivity contribution >= 4 is 46.0 Å². The first kappa shape index (κ1) is 17.9. The van der Waals surface area contributed by atoms with Crippen LogP contribution in [0.1, 0.15) is 17.0 Å². The van der Waals surface area contributed by atoms with Crippen LogP contribution in [0.15, 0.2) is 41.3 Å². The van der Waals surface area contributed by atoms with Crippen molar-refractivity contribution in [3.05, 3.63) is 58.3 Å². The Hall–Kier alpha value is -1.89. The summed E-state index contributed by atoms with van der Waals surface area (Å²) < 4.78 is 7.94. The second kappa shape index (κ2) is 7.56. The highest BCUT2D eigenvalue weighted by Crippen LogP contribution is 2.36. The van der Waals surface area contributed by atoms with Gasteiger partial charge in [0.05, 0.1) is 17.2 Å². The Balaban J connectivity index is 1.90. The first-order valence-electron chi connectivity index (χ1n) is 8.01. The summed E-state index contributed by atoms with van der Waals surface area (Å²) in [6.07, 6.45) is 1.94. The third-order valence-corrected chi connectivity index (χ3v) is 5.53. The summed E-state index contributed by atoms with van der Waals surface area (Å²) >= 11 is 6.77. The Kier molecular flexibility index (Phi) is 5.42. The number of thioether (sulfide) groups is 1. The number of ether oxygens (including phenoxy) is 1. The molecule has 1 aromatic carbocycles. The van der Waals surface area contributed by atoms with Crippen LogP contribution in [0, 0.1) is 13.8 Å². The molecular weight excluding hydrogens is 352 g/mol. The molecule has 4 nitrogen and oxygen atoms in total. The maximum Gasteiger partial charge on any atom is 0.270 e. The molecule has 2 aromatic rings. The van der Waals surface area contributed by atoms with Gasteiger partial charge in [-0.1, -0.05) is 42.2 Å². The minimum Gasteiger partial charge on any atom is -0.383 e. The van der Waals surface area contributed by atoms with Gasteiger partial charge in [0.2, 0.25) is 0 Å². The number of methoxy groups -OCH3 is 1. The van der Waals surface area contributed by atoms with Crippen LogP contribution in [0.3, 0.4) is 0 Å². The number of carbonyl (C=O) groups is 1. The van der Waals surface area contributed by atoms with Crippen molar-refractivity contribution in [1.29, 1.82) is 0 Å². The van der Waals surface area contributed by atoms with Gasteiger partial charge in [0, 0.05) is 25.0 Å². The largest absolute Gasteiger partial charge is 0.383 e. The summed E-state index contributed by atoms with van der Waals surface area (Å²) in [6, 6.07) is 11.6. The molecule has 0 spiro atoms. The van der Waals surface area contributed by atoms with E-state index in [1.807, 2.05) is 36.4 Å². The van der Waals surface area contributed by atoms with Crippen molar-refractivity contribution in [3.8, 4) is 0 Å². The van der Waals surface area contributed by atoms with Crippen molar-refractivity contribution in [2.75, 3.05) is 18.6 Å². The zero-order valence-electron chi connectivity index (χ0n) is 14.5. The molecule has 0 saturated carbocycles. The van der Waals surface area contributed by atoms with E-state index in [0.29, 0.717) is 15.8 Å². The zero-order valence-corrected chi connectivity index (χ0v) is 16.1. The molecule has 0 unspecified atom stereocenters. The van der Waals surface area contributed by atoms with Gasteiger partial charge in [-0.25, -0.2) is 0 Å². The highest BCUT2D eigenvalue weighted by atomic mass is 32.2. The van der Waals surface area contributed by atoms with Crippen LogP contribution < -0.4 is 4.90 Å². The van der Waals surface area contributed by atoms with Crippen molar-refractivity contribution in [1.82, 2.24) is 4.57 Å². The van der Waals surface area contributed by atoms with Crippen LogP contribution in [0.2, 0.25) is 0 Å². The van der Waals surface area contributed by atoms with Crippen molar-refractivity contribution < 1.29 is 9.53 Å². The van der Waals surface area contributed by atoms with Crippen LogP contribution in [0.5, 0.6) is 0 Å². The van der Waals surface area contributed by atoms with E-state index in [1.54, 1.807) is 12.0 Å². The number of hydrogen-bond donors (Lipinski definition) is 0. The Labute approximate surface area is 157 Å². The fourth-order valence-electron chi connectivity index (χ4n) is 2.91. The number of aromatic nitrogens is 1. The molecule has 0 aliphatic carbocycles. The average molecular weight is 373 g/mol. The maximum atomic E-state index is 12.8. The van der Waals surface area contributed by atoms with Gasteiger partial charge >= 0.3 is 0 Å². The second-order valence-corrected chi connectivity index (χ2v) is 7.50. The lowest BCUT2D eigenvalue weighted by Gasteiger charge is -2.13. The highest BCUT2D eigenvalue weighted by molar-refractivity contribution is 8.27. The second-order valence-electron chi connectivity index (χ2n) is 5.82. The number of aryl methyl sites for hydroxylation is 1. The molecule has 130 valence electrons. The van der Waals surface area contributed by atoms with E-state index in [2.05, 4.69) is 24.5 Å². The summed E-state index contributed by atoms with van der Waals surface area (Å²) in [5.74, 6) is -0.0668. The fraction of sp³-hybridized carbons (Fsp3) is 0.263. The smallest absolute Gasteiger partial charge is 0.270 e. The molecule has 0 atom stereocenters. The molecular formula is C19H20N2O2S2. The van der Waals surface area contributed by atoms with Gasteiger partial charge < -0.3 is 9.30 Å².